The molecule has 1 aliphatic heterocycles. The summed E-state index contributed by atoms with van der Waals surface area (Å²) in [6.07, 6.45) is 7.65. The molecule has 1 heterocycles. The van der Waals surface area contributed by atoms with Crippen LogP contribution >= 0.6 is 0 Å². The topological polar surface area (TPSA) is 49.8 Å². The largest absolute Gasteiger partial charge is 0.494 e. The van der Waals surface area contributed by atoms with E-state index in [0.717, 1.165) is 30.4 Å². The zero-order valence-corrected chi connectivity index (χ0v) is 12.5. The normalized spacial score (nSPS) is 19.8. The van der Waals surface area contributed by atoms with Crippen molar-refractivity contribution in [3.63, 3.8) is 0 Å². The van der Waals surface area contributed by atoms with Gasteiger partial charge in [0.1, 0.15) is 5.75 Å². The highest BCUT2D eigenvalue weighted by Gasteiger charge is 2.18. The van der Waals surface area contributed by atoms with Crippen molar-refractivity contribution in [1.82, 2.24) is 4.90 Å². The van der Waals surface area contributed by atoms with E-state index < -0.39 is 5.97 Å². The molecule has 0 radical (unpaired) electrons. The average molecular weight is 289 g/mol. The molecule has 0 spiro atoms. The number of hydrogen-bond donors (Lipinski definition) is 1. The van der Waals surface area contributed by atoms with Crippen LogP contribution in [0.25, 0.3) is 6.08 Å². The Morgan fingerprint density at radius 3 is 2.81 bits per heavy atom. The number of aliphatic carboxylic acids is 1. The molecule has 0 saturated carbocycles. The van der Waals surface area contributed by atoms with Gasteiger partial charge in [-0.3, -0.25) is 0 Å². The minimum Gasteiger partial charge on any atom is -0.494 e. The van der Waals surface area contributed by atoms with Crippen LogP contribution in [-0.2, 0) is 4.79 Å². The molecule has 1 saturated heterocycles. The first-order valence-electron chi connectivity index (χ1n) is 7.49. The third-order valence-corrected chi connectivity index (χ3v) is 3.94. The Morgan fingerprint density at radius 1 is 1.38 bits per heavy atom. The van der Waals surface area contributed by atoms with Crippen molar-refractivity contribution in [3.8, 4) is 5.75 Å². The molecular weight excluding hydrogens is 266 g/mol. The van der Waals surface area contributed by atoms with Gasteiger partial charge >= 0.3 is 5.97 Å². The highest BCUT2D eigenvalue weighted by Crippen LogP contribution is 2.19. The summed E-state index contributed by atoms with van der Waals surface area (Å²) in [5.74, 6) is -0.104. The first kappa shape index (κ1) is 15.6. The standard InChI is InChI=1S/C17H23NO3/c1-18-12-3-2-4-15(18)11-13-21-16-8-5-14(6-9-16)7-10-17(19)20/h5-10,15H,2-4,11-13H2,1H3,(H,19,20)/b10-7+. The van der Waals surface area contributed by atoms with Crippen LogP contribution in [0.2, 0.25) is 0 Å². The van der Waals surface area contributed by atoms with Gasteiger partial charge in [0, 0.05) is 12.1 Å². The Morgan fingerprint density at radius 2 is 2.14 bits per heavy atom. The smallest absolute Gasteiger partial charge is 0.328 e. The molecule has 21 heavy (non-hydrogen) atoms. The second-order valence-electron chi connectivity index (χ2n) is 5.51. The lowest BCUT2D eigenvalue weighted by atomic mass is 10.0. The highest BCUT2D eigenvalue weighted by molar-refractivity contribution is 5.85. The van der Waals surface area contributed by atoms with Crippen molar-refractivity contribution in [2.75, 3.05) is 20.2 Å². The van der Waals surface area contributed by atoms with Crippen molar-refractivity contribution >= 4 is 12.0 Å². The fraction of sp³-hybridized carbons (Fsp3) is 0.471. The lowest BCUT2D eigenvalue weighted by molar-refractivity contribution is -0.131. The number of piperidine rings is 1. The number of hydrogen-bond acceptors (Lipinski definition) is 3. The van der Waals surface area contributed by atoms with Crippen molar-refractivity contribution in [3.05, 3.63) is 35.9 Å². The lowest BCUT2D eigenvalue weighted by Gasteiger charge is -2.32. The van der Waals surface area contributed by atoms with Crippen LogP contribution in [0.3, 0.4) is 0 Å². The molecule has 1 fully saturated rings. The van der Waals surface area contributed by atoms with E-state index in [9.17, 15) is 4.79 Å². The monoisotopic (exact) mass is 289 g/mol. The van der Waals surface area contributed by atoms with Crippen LogP contribution in [-0.4, -0.2) is 42.2 Å². The van der Waals surface area contributed by atoms with Gasteiger partial charge in [-0.05, 0) is 56.6 Å². The quantitative estimate of drug-likeness (QED) is 0.818. The van der Waals surface area contributed by atoms with Crippen LogP contribution in [0.1, 0.15) is 31.2 Å². The summed E-state index contributed by atoms with van der Waals surface area (Å²) in [6, 6.07) is 8.12. The van der Waals surface area contributed by atoms with Crippen molar-refractivity contribution in [1.29, 1.82) is 0 Å². The maximum absolute atomic E-state index is 10.4. The molecule has 1 aromatic rings. The van der Waals surface area contributed by atoms with E-state index in [-0.39, 0.29) is 0 Å². The van der Waals surface area contributed by atoms with Gasteiger partial charge in [0.2, 0.25) is 0 Å². The Kier molecular flexibility index (Phi) is 5.81. The van der Waals surface area contributed by atoms with E-state index in [1.165, 1.54) is 25.8 Å². The van der Waals surface area contributed by atoms with Gasteiger partial charge in [-0.25, -0.2) is 4.79 Å². The fourth-order valence-corrected chi connectivity index (χ4v) is 2.66. The van der Waals surface area contributed by atoms with Gasteiger partial charge in [0.15, 0.2) is 0 Å². The molecule has 1 unspecified atom stereocenters. The van der Waals surface area contributed by atoms with Gasteiger partial charge in [0.25, 0.3) is 0 Å². The highest BCUT2D eigenvalue weighted by atomic mass is 16.5. The van der Waals surface area contributed by atoms with Crippen LogP contribution in [0.5, 0.6) is 5.75 Å². The van der Waals surface area contributed by atoms with E-state index in [1.54, 1.807) is 6.08 Å². The summed E-state index contributed by atoms with van der Waals surface area (Å²) in [5.41, 5.74) is 0.858. The second-order valence-corrected chi connectivity index (χ2v) is 5.51. The molecule has 1 aliphatic rings. The lowest BCUT2D eigenvalue weighted by Crippen LogP contribution is -2.37. The first-order chi connectivity index (χ1) is 10.1. The number of carboxylic acid groups (broad SMARTS) is 1. The summed E-state index contributed by atoms with van der Waals surface area (Å²) >= 11 is 0. The molecule has 0 amide bonds. The number of benzene rings is 1. The van der Waals surface area contributed by atoms with Gasteiger partial charge in [-0.1, -0.05) is 18.6 Å². The molecule has 4 heteroatoms. The first-order valence-corrected chi connectivity index (χ1v) is 7.49. The van der Waals surface area contributed by atoms with E-state index in [4.69, 9.17) is 9.84 Å². The minimum absolute atomic E-state index is 0.636. The molecule has 4 nitrogen and oxygen atoms in total. The van der Waals surface area contributed by atoms with E-state index >= 15 is 0 Å². The summed E-state index contributed by atoms with van der Waals surface area (Å²) in [6.45, 7) is 1.91. The second kappa shape index (κ2) is 7.84. The van der Waals surface area contributed by atoms with Gasteiger partial charge in [-0.15, -0.1) is 0 Å². The van der Waals surface area contributed by atoms with Gasteiger partial charge in [0.05, 0.1) is 6.61 Å². The van der Waals surface area contributed by atoms with E-state index in [1.807, 2.05) is 24.3 Å². The van der Waals surface area contributed by atoms with Crippen molar-refractivity contribution in [2.45, 2.75) is 31.7 Å². The number of carboxylic acids is 1. The number of carbonyl (C=O) groups is 1. The molecule has 0 bridgehead atoms. The Labute approximate surface area is 126 Å². The molecular formula is C17H23NO3. The maximum atomic E-state index is 10.4. The number of nitrogens with zero attached hydrogens (tertiary/aromatic N) is 1. The molecule has 0 aliphatic carbocycles. The van der Waals surface area contributed by atoms with Crippen molar-refractivity contribution in [2.24, 2.45) is 0 Å². The molecule has 1 aromatic carbocycles. The number of ether oxygens (including phenoxy) is 1. The zero-order valence-electron chi connectivity index (χ0n) is 12.5. The molecule has 1 atom stereocenters. The summed E-state index contributed by atoms with van der Waals surface area (Å²) in [7, 11) is 2.19. The third kappa shape index (κ3) is 5.23. The Bertz CT molecular complexity index is 481. The summed E-state index contributed by atoms with van der Waals surface area (Å²) < 4.78 is 5.77. The predicted molar refractivity (Wildman–Crippen MR) is 83.5 cm³/mol. The predicted octanol–water partition coefficient (Wildman–Crippen LogP) is 3.04. The van der Waals surface area contributed by atoms with Crippen LogP contribution < -0.4 is 4.74 Å². The maximum Gasteiger partial charge on any atom is 0.328 e. The molecule has 114 valence electrons. The van der Waals surface area contributed by atoms with E-state index in [0.29, 0.717) is 6.04 Å². The van der Waals surface area contributed by atoms with Crippen LogP contribution in [0, 0.1) is 0 Å². The Hall–Kier alpha value is -1.81. The SMILES string of the molecule is CN1CCCCC1CCOc1ccc(/C=C/C(=O)O)cc1. The molecule has 0 aromatic heterocycles. The zero-order chi connectivity index (χ0) is 15.1. The average Bonchev–Trinajstić information content (AvgIpc) is 2.48. The number of likely N-dealkylation sites (tertiary alicyclic amines) is 1. The van der Waals surface area contributed by atoms with Crippen LogP contribution in [0.15, 0.2) is 30.3 Å². The molecule has 1 N–H and O–H groups in total. The van der Waals surface area contributed by atoms with Crippen LogP contribution in [0.4, 0.5) is 0 Å². The van der Waals surface area contributed by atoms with Gasteiger partial charge in [-0.2, -0.15) is 0 Å². The molecule has 2 rings (SSSR count). The summed E-state index contributed by atoms with van der Waals surface area (Å²) in [4.78, 5) is 12.9. The number of rotatable bonds is 6. The fourth-order valence-electron chi connectivity index (χ4n) is 2.66. The summed E-state index contributed by atoms with van der Waals surface area (Å²) in [5, 5.41) is 8.58. The van der Waals surface area contributed by atoms with E-state index in [2.05, 4.69) is 11.9 Å². The van der Waals surface area contributed by atoms with Crippen molar-refractivity contribution < 1.29 is 14.6 Å². The Balaban J connectivity index is 1.77. The minimum atomic E-state index is -0.938. The van der Waals surface area contributed by atoms with Gasteiger partial charge < -0.3 is 14.7 Å². The third-order valence-electron chi connectivity index (χ3n) is 3.94.